The molecule has 4 nitrogen and oxygen atoms in total. The average Bonchev–Trinajstić information content (AvgIpc) is 2.44. The van der Waals surface area contributed by atoms with Crippen LogP contribution in [0.5, 0.6) is 0 Å². The van der Waals surface area contributed by atoms with Crippen LogP contribution in [0, 0.1) is 0 Å². The van der Waals surface area contributed by atoms with Gasteiger partial charge in [-0.05, 0) is 0 Å². The number of H-pyrrole nitrogens is 1. The molecule has 0 aromatic carbocycles. The Morgan fingerprint density at radius 3 is 3.80 bits per heavy atom. The second-order valence-electron chi connectivity index (χ2n) is 1.70. The van der Waals surface area contributed by atoms with Crippen molar-refractivity contribution in [1.29, 1.82) is 0 Å². The fourth-order valence-corrected chi connectivity index (χ4v) is 0.657. The molecule has 1 aliphatic heterocycles. The molecule has 4 heteroatoms. The Hall–Kier alpha value is -1.32. The van der Waals surface area contributed by atoms with Crippen molar-refractivity contribution in [1.82, 2.24) is 5.16 Å². The van der Waals surface area contributed by atoms with E-state index < -0.39 is 30.2 Å². The van der Waals surface area contributed by atoms with Crippen molar-refractivity contribution in [3.8, 4) is 0 Å². The number of rotatable bonds is 0. The summed E-state index contributed by atoms with van der Waals surface area (Å²) in [5.74, 6) is -0.347. The molecule has 52 valence electrons. The fourth-order valence-electron chi connectivity index (χ4n) is 0.657. The monoisotopic (exact) mass is 143 g/mol. The zero-order chi connectivity index (χ0) is 11.4. The molecule has 1 aromatic heterocycles. The third-order valence-corrected chi connectivity index (χ3v) is 1.09. The maximum atomic E-state index is 11.2. The summed E-state index contributed by atoms with van der Waals surface area (Å²) in [5.41, 5.74) is -1.40. The summed E-state index contributed by atoms with van der Waals surface area (Å²) in [7, 11) is 0. The number of hydrogen-bond donors (Lipinski definition) is 1. The highest BCUT2D eigenvalue weighted by molar-refractivity contribution is 5.78. The zero-order valence-corrected chi connectivity index (χ0v) is 4.76. The lowest BCUT2D eigenvalue weighted by Gasteiger charge is -1.97. The lowest BCUT2D eigenvalue weighted by Crippen LogP contribution is -2.10. The Balaban J connectivity index is 2.82. The van der Waals surface area contributed by atoms with Gasteiger partial charge >= 0.3 is 0 Å². The van der Waals surface area contributed by atoms with Gasteiger partial charge in [0, 0.05) is 15.6 Å². The number of aliphatic imine (C=N–C) groups is 1. The van der Waals surface area contributed by atoms with E-state index in [-0.39, 0.29) is 5.76 Å². The smallest absolute Gasteiger partial charge is 0.283 e. The highest BCUT2D eigenvalue weighted by Gasteiger charge is 2.12. The second-order valence-corrected chi connectivity index (χ2v) is 1.70. The molecule has 1 N–H and O–H groups in total. The largest absolute Gasteiger partial charge is 0.377 e. The van der Waals surface area contributed by atoms with Crippen LogP contribution in [0.4, 0.5) is 0 Å². The van der Waals surface area contributed by atoms with Crippen molar-refractivity contribution in [2.75, 3.05) is 6.50 Å². The molecule has 0 amide bonds. The Bertz CT molecular complexity index is 500. The molecule has 0 saturated heterocycles. The highest BCUT2D eigenvalue weighted by atomic mass is 16.5. The molecule has 0 saturated carbocycles. The minimum atomic E-state index is -2.64. The molecule has 0 atom stereocenters. The molecular weight excluding hydrogens is 132 g/mol. The summed E-state index contributed by atoms with van der Waals surface area (Å²) in [6.45, 7) is -2.64. The van der Waals surface area contributed by atoms with Gasteiger partial charge in [0.25, 0.3) is 5.56 Å². The SMILES string of the molecule is [2H]C1=NC([2H])([2H])C([2H])([2H])c2c1o[nH]c2=O. The lowest BCUT2D eigenvalue weighted by atomic mass is 10.1. The van der Waals surface area contributed by atoms with E-state index in [1.54, 1.807) is 0 Å². The summed E-state index contributed by atoms with van der Waals surface area (Å²) in [6.07, 6.45) is -3.18. The van der Waals surface area contributed by atoms with Gasteiger partial charge < -0.3 is 4.52 Å². The minimum Gasteiger partial charge on any atom is -0.377 e. The second kappa shape index (κ2) is 1.83. The number of hydrogen-bond acceptors (Lipinski definition) is 3. The maximum absolute atomic E-state index is 11.2. The first-order valence-electron chi connectivity index (χ1n) is 5.06. The molecule has 2 heterocycles. The molecule has 0 fully saturated rings. The summed E-state index contributed by atoms with van der Waals surface area (Å²) in [5, 5.41) is 1.86. The Kier molecular flexibility index (Phi) is 0.435. The van der Waals surface area contributed by atoms with Gasteiger partial charge in [0.15, 0.2) is 5.76 Å². The summed E-state index contributed by atoms with van der Waals surface area (Å²) >= 11 is 0. The van der Waals surface area contributed by atoms with Crippen LogP contribution in [0.2, 0.25) is 0 Å². The van der Waals surface area contributed by atoms with E-state index in [1.165, 1.54) is 0 Å². The number of nitrogens with zero attached hydrogens (tertiary/aromatic N) is 1. The first kappa shape index (κ1) is 2.38. The first-order chi connectivity index (χ1) is 6.77. The Morgan fingerprint density at radius 1 is 2.00 bits per heavy atom. The summed E-state index contributed by atoms with van der Waals surface area (Å²) in [6, 6.07) is 0. The molecule has 0 spiro atoms. The average molecular weight is 143 g/mol. The van der Waals surface area contributed by atoms with Gasteiger partial charge in [-0.2, -0.15) is 5.16 Å². The number of fused-ring (bicyclic) bond motifs is 1. The van der Waals surface area contributed by atoms with Crippen LogP contribution in [0.1, 0.15) is 18.2 Å². The van der Waals surface area contributed by atoms with Crippen LogP contribution in [-0.2, 0) is 6.37 Å². The third kappa shape index (κ3) is 0.618. The quantitative estimate of drug-likeness (QED) is 0.553. The minimum absolute atomic E-state index is 0.347. The Morgan fingerprint density at radius 2 is 2.90 bits per heavy atom. The van der Waals surface area contributed by atoms with Crippen LogP contribution in [0.15, 0.2) is 14.3 Å². The van der Waals surface area contributed by atoms with Crippen molar-refractivity contribution < 1.29 is 11.4 Å². The van der Waals surface area contributed by atoms with Crippen LogP contribution < -0.4 is 5.56 Å². The predicted octanol–water partition coefficient (Wildman–Crippen LogP) is -0.0571. The van der Waals surface area contributed by atoms with E-state index in [1.807, 2.05) is 5.16 Å². The van der Waals surface area contributed by atoms with E-state index in [9.17, 15) is 4.79 Å². The molecule has 0 aliphatic carbocycles. The van der Waals surface area contributed by atoms with Gasteiger partial charge in [-0.3, -0.25) is 9.79 Å². The van der Waals surface area contributed by atoms with E-state index >= 15 is 0 Å². The highest BCUT2D eigenvalue weighted by Crippen LogP contribution is 2.04. The summed E-state index contributed by atoms with van der Waals surface area (Å²) in [4.78, 5) is 14.4. The maximum Gasteiger partial charge on any atom is 0.283 e. The number of nitrogens with one attached hydrogen (secondary N) is 1. The van der Waals surface area contributed by atoms with Crippen molar-refractivity contribution >= 4 is 6.19 Å². The standard InChI is InChI=1S/C6H6N2O2/c9-6-4-1-2-7-3-5(4)10-8-6/h3H,1-2H2,(H,8,9)/i1D2,2D2,3D. The van der Waals surface area contributed by atoms with Crippen LogP contribution in [0.25, 0.3) is 0 Å². The fraction of sp³-hybridized carbons (Fsp3) is 0.333. The van der Waals surface area contributed by atoms with E-state index in [0.717, 1.165) is 0 Å². The van der Waals surface area contributed by atoms with Gasteiger partial charge in [0.05, 0.1) is 15.9 Å². The van der Waals surface area contributed by atoms with Gasteiger partial charge in [0.1, 0.15) is 0 Å². The van der Waals surface area contributed by atoms with Gasteiger partial charge in [-0.25, -0.2) is 0 Å². The topological polar surface area (TPSA) is 58.4 Å². The molecule has 0 radical (unpaired) electrons. The summed E-state index contributed by atoms with van der Waals surface area (Å²) < 4.78 is 41.4. The predicted molar refractivity (Wildman–Crippen MR) is 35.5 cm³/mol. The van der Waals surface area contributed by atoms with Crippen molar-refractivity contribution in [2.45, 2.75) is 6.37 Å². The molecule has 0 unspecified atom stereocenters. The molecule has 0 bridgehead atoms. The first-order valence-corrected chi connectivity index (χ1v) is 2.56. The van der Waals surface area contributed by atoms with Crippen LogP contribution in [-0.4, -0.2) is 17.8 Å². The zero-order valence-electron chi connectivity index (χ0n) is 9.76. The molecule has 2 rings (SSSR count). The third-order valence-electron chi connectivity index (χ3n) is 1.09. The molecule has 1 aromatic rings. The molecular formula is C6H6N2O2. The molecule has 10 heavy (non-hydrogen) atoms. The number of aromatic nitrogens is 1. The molecule has 1 aliphatic rings. The van der Waals surface area contributed by atoms with Gasteiger partial charge in [-0.1, -0.05) is 0 Å². The number of aromatic amines is 1. The van der Waals surface area contributed by atoms with Crippen molar-refractivity contribution in [2.24, 2.45) is 4.99 Å². The van der Waals surface area contributed by atoms with Crippen LogP contribution >= 0.6 is 0 Å². The van der Waals surface area contributed by atoms with Crippen molar-refractivity contribution in [3.63, 3.8) is 0 Å². The van der Waals surface area contributed by atoms with E-state index in [4.69, 9.17) is 6.85 Å². The normalized spacial score (nSPS) is 33.6. The van der Waals surface area contributed by atoms with Gasteiger partial charge in [0.2, 0.25) is 0 Å². The lowest BCUT2D eigenvalue weighted by molar-refractivity contribution is 0.408. The van der Waals surface area contributed by atoms with E-state index in [0.29, 0.717) is 0 Å². The van der Waals surface area contributed by atoms with Gasteiger partial charge in [-0.15, -0.1) is 0 Å². The van der Waals surface area contributed by atoms with Crippen LogP contribution in [0.3, 0.4) is 0 Å². The van der Waals surface area contributed by atoms with E-state index in [2.05, 4.69) is 9.52 Å². The van der Waals surface area contributed by atoms with Crippen molar-refractivity contribution in [3.05, 3.63) is 21.7 Å². The Labute approximate surface area is 63.6 Å².